The van der Waals surface area contributed by atoms with Crippen LogP contribution in [-0.4, -0.2) is 18.4 Å². The van der Waals surface area contributed by atoms with Crippen molar-refractivity contribution in [2.45, 2.75) is 32.1 Å². The molecule has 2 aliphatic rings. The number of nitrogens with zero attached hydrogens (tertiary/aromatic N) is 1. The van der Waals surface area contributed by atoms with Gasteiger partial charge in [0.1, 0.15) is 11.3 Å². The third-order valence-corrected chi connectivity index (χ3v) is 11.6. The van der Waals surface area contributed by atoms with Crippen molar-refractivity contribution in [1.82, 2.24) is 0 Å². The number of Topliss-reactive ketones (excluding diaryl/α,β-unsaturated/α-hetero) is 1. The van der Waals surface area contributed by atoms with Crippen molar-refractivity contribution in [3.63, 3.8) is 0 Å². The summed E-state index contributed by atoms with van der Waals surface area (Å²) in [7, 11) is -2.80. The van der Waals surface area contributed by atoms with Gasteiger partial charge in [0.15, 0.2) is 5.78 Å². The highest BCUT2D eigenvalue weighted by molar-refractivity contribution is 7.87. The van der Waals surface area contributed by atoms with Crippen LogP contribution in [0, 0.1) is 0 Å². The predicted octanol–water partition coefficient (Wildman–Crippen LogP) is 7.41. The van der Waals surface area contributed by atoms with Crippen LogP contribution in [0.4, 0.5) is 0 Å². The van der Waals surface area contributed by atoms with Crippen LogP contribution in [0.5, 0.6) is 0 Å². The number of allylic oxidation sites excluding steroid dienone is 2. The van der Waals surface area contributed by atoms with Crippen molar-refractivity contribution in [2.75, 3.05) is 6.61 Å². The zero-order chi connectivity index (χ0) is 29.8. The summed E-state index contributed by atoms with van der Waals surface area (Å²) < 4.78 is 17.8. The molecule has 5 nitrogen and oxygen atoms in total. The molecule has 0 radical (unpaired) electrons. The summed E-state index contributed by atoms with van der Waals surface area (Å²) in [6.07, 6.45) is 1.64. The van der Waals surface area contributed by atoms with Crippen molar-refractivity contribution in [1.29, 1.82) is 0 Å². The number of halogens is 1. The van der Waals surface area contributed by atoms with E-state index < -0.39 is 18.9 Å². The van der Waals surface area contributed by atoms with Crippen LogP contribution in [-0.2, 0) is 19.1 Å². The average molecular weight is 608 g/mol. The summed E-state index contributed by atoms with van der Waals surface area (Å²) >= 11 is 6.26. The Morgan fingerprint density at radius 2 is 1.37 bits per heavy atom. The lowest BCUT2D eigenvalue weighted by molar-refractivity contribution is -0.139. The first-order chi connectivity index (χ1) is 21.0. The third-order valence-electron chi connectivity index (χ3n) is 7.77. The fourth-order valence-electron chi connectivity index (χ4n) is 5.87. The lowest BCUT2D eigenvalue weighted by atomic mass is 9.77. The SMILES string of the molecule is CCOC(=O)C1=C(N=P(c2ccccc2)(c2ccccc2)c2ccccc2)OC2=C(C(=O)CCC2)C1c1ccc(Cl)cc1. The number of carbonyl (C=O) groups excluding carboxylic acids is 2. The number of benzene rings is 4. The van der Waals surface area contributed by atoms with Gasteiger partial charge in [0.2, 0.25) is 5.88 Å². The van der Waals surface area contributed by atoms with Crippen LogP contribution >= 0.6 is 18.7 Å². The topological polar surface area (TPSA) is 65.0 Å². The molecule has 0 aromatic heterocycles. The molecule has 0 N–H and O–H groups in total. The van der Waals surface area contributed by atoms with Crippen LogP contribution in [0.1, 0.15) is 37.7 Å². The molecule has 1 atom stereocenters. The quantitative estimate of drug-likeness (QED) is 0.162. The highest BCUT2D eigenvalue weighted by Crippen LogP contribution is 2.52. The first kappa shape index (κ1) is 28.9. The minimum atomic E-state index is -2.80. The number of ketones is 1. The maximum atomic E-state index is 14.0. The van der Waals surface area contributed by atoms with Gasteiger partial charge < -0.3 is 9.47 Å². The van der Waals surface area contributed by atoms with Gasteiger partial charge in [-0.3, -0.25) is 4.79 Å². The molecular weight excluding hydrogens is 577 g/mol. The second-order valence-corrected chi connectivity index (χ2v) is 13.8. The number of esters is 1. The van der Waals surface area contributed by atoms with E-state index in [1.807, 2.05) is 66.7 Å². The van der Waals surface area contributed by atoms with Crippen molar-refractivity contribution >= 4 is 46.3 Å². The van der Waals surface area contributed by atoms with Crippen LogP contribution in [0.3, 0.4) is 0 Å². The molecule has 1 aliphatic heterocycles. The van der Waals surface area contributed by atoms with E-state index in [1.54, 1.807) is 19.1 Å². The summed E-state index contributed by atoms with van der Waals surface area (Å²) in [5, 5.41) is 3.59. The Morgan fingerprint density at radius 1 is 0.837 bits per heavy atom. The molecule has 0 saturated carbocycles. The first-order valence-electron chi connectivity index (χ1n) is 14.4. The van der Waals surface area contributed by atoms with E-state index in [0.717, 1.165) is 21.5 Å². The number of hydrogen-bond donors (Lipinski definition) is 0. The Hall–Kier alpha value is -4.18. The van der Waals surface area contributed by atoms with E-state index in [4.69, 9.17) is 25.8 Å². The number of hydrogen-bond acceptors (Lipinski definition) is 5. The normalized spacial score (nSPS) is 16.8. The van der Waals surface area contributed by atoms with Crippen molar-refractivity contribution < 1.29 is 19.1 Å². The molecular formula is C36H31ClNO4P. The Balaban J connectivity index is 1.74. The molecule has 6 rings (SSSR count). The number of carbonyl (C=O) groups is 2. The third kappa shape index (κ3) is 5.51. The fourth-order valence-corrected chi connectivity index (χ4v) is 9.47. The van der Waals surface area contributed by atoms with Crippen LogP contribution in [0.2, 0.25) is 5.02 Å². The van der Waals surface area contributed by atoms with E-state index in [0.29, 0.717) is 35.6 Å². The fraction of sp³-hybridized carbons (Fsp3) is 0.167. The van der Waals surface area contributed by atoms with Gasteiger partial charge in [-0.15, -0.1) is 0 Å². The van der Waals surface area contributed by atoms with Gasteiger partial charge in [0, 0.05) is 39.4 Å². The summed E-state index contributed by atoms with van der Waals surface area (Å²) in [5.74, 6) is -0.529. The summed E-state index contributed by atoms with van der Waals surface area (Å²) in [5.41, 5.74) is 1.48. The summed E-state index contributed by atoms with van der Waals surface area (Å²) in [6.45, 7) is 1.93. The van der Waals surface area contributed by atoms with Gasteiger partial charge in [-0.2, -0.15) is 0 Å². The Morgan fingerprint density at radius 3 is 1.88 bits per heavy atom. The lowest BCUT2D eigenvalue weighted by Gasteiger charge is -2.34. The monoisotopic (exact) mass is 607 g/mol. The highest BCUT2D eigenvalue weighted by Gasteiger charge is 2.43. The van der Waals surface area contributed by atoms with Crippen LogP contribution in [0.25, 0.3) is 0 Å². The molecule has 0 fully saturated rings. The van der Waals surface area contributed by atoms with Crippen molar-refractivity contribution in [3.05, 3.63) is 149 Å². The zero-order valence-corrected chi connectivity index (χ0v) is 25.4. The van der Waals surface area contributed by atoms with Gasteiger partial charge >= 0.3 is 5.97 Å². The maximum absolute atomic E-state index is 14.0. The van der Waals surface area contributed by atoms with Gasteiger partial charge in [-0.1, -0.05) is 115 Å². The van der Waals surface area contributed by atoms with Crippen molar-refractivity contribution in [3.8, 4) is 0 Å². The van der Waals surface area contributed by atoms with Gasteiger partial charge in [0.25, 0.3) is 0 Å². The van der Waals surface area contributed by atoms with Crippen LogP contribution < -0.4 is 15.9 Å². The molecule has 0 amide bonds. The van der Waals surface area contributed by atoms with Gasteiger partial charge in [-0.25, -0.2) is 9.54 Å². The molecule has 0 saturated heterocycles. The molecule has 1 unspecified atom stereocenters. The molecule has 0 bridgehead atoms. The van der Waals surface area contributed by atoms with Gasteiger partial charge in [0.05, 0.1) is 19.6 Å². The molecule has 4 aromatic carbocycles. The van der Waals surface area contributed by atoms with E-state index in [-0.39, 0.29) is 23.8 Å². The molecule has 7 heteroatoms. The predicted molar refractivity (Wildman–Crippen MR) is 172 cm³/mol. The average Bonchev–Trinajstić information content (AvgIpc) is 3.05. The molecule has 216 valence electrons. The van der Waals surface area contributed by atoms with E-state index in [2.05, 4.69) is 36.4 Å². The molecule has 1 aliphatic carbocycles. The minimum Gasteiger partial charge on any atom is -0.462 e. The smallest absolute Gasteiger partial charge is 0.340 e. The second kappa shape index (κ2) is 12.6. The number of ether oxygens (including phenoxy) is 2. The van der Waals surface area contributed by atoms with E-state index in [1.165, 1.54) is 0 Å². The lowest BCUT2D eigenvalue weighted by Crippen LogP contribution is -2.30. The standard InChI is InChI=1S/C36H31ClNO4P/c1-2-41-36(40)34-32(25-21-23-26(37)24-22-25)33-30(39)19-12-20-31(33)42-35(34)38-43(27-13-6-3-7-14-27,28-15-8-4-9-16-28)29-17-10-5-11-18-29/h3-11,13-18,21-24,32H,2,12,19-20H2,1H3. The molecule has 0 spiro atoms. The first-order valence-corrected chi connectivity index (χ1v) is 16.5. The Kier molecular flexibility index (Phi) is 8.47. The van der Waals surface area contributed by atoms with Crippen LogP contribution in [0.15, 0.2) is 143 Å². The Labute approximate surface area is 256 Å². The second-order valence-electron chi connectivity index (χ2n) is 10.4. The summed E-state index contributed by atoms with van der Waals surface area (Å²) in [6, 6.07) is 37.7. The molecule has 1 heterocycles. The Bertz CT molecular complexity index is 1660. The van der Waals surface area contributed by atoms with Gasteiger partial charge in [-0.05, 0) is 31.0 Å². The maximum Gasteiger partial charge on any atom is 0.340 e. The minimum absolute atomic E-state index is 0.0303. The van der Waals surface area contributed by atoms with E-state index in [9.17, 15) is 9.59 Å². The number of rotatable bonds is 7. The molecule has 43 heavy (non-hydrogen) atoms. The largest absolute Gasteiger partial charge is 0.462 e. The highest BCUT2D eigenvalue weighted by atomic mass is 35.5. The zero-order valence-electron chi connectivity index (χ0n) is 23.8. The van der Waals surface area contributed by atoms with E-state index >= 15 is 0 Å². The molecule has 4 aromatic rings. The summed E-state index contributed by atoms with van der Waals surface area (Å²) in [4.78, 5) is 27.5. The van der Waals surface area contributed by atoms with Crippen molar-refractivity contribution in [2.24, 2.45) is 4.74 Å².